The molecular weight excluding hydrogens is 310 g/mol. The lowest BCUT2D eigenvalue weighted by molar-refractivity contribution is 0.102. The Morgan fingerprint density at radius 2 is 1.65 bits per heavy atom. The van der Waals surface area contributed by atoms with Crippen LogP contribution < -0.4 is 10.6 Å². The van der Waals surface area contributed by atoms with Gasteiger partial charge in [-0.25, -0.2) is 0 Å². The van der Waals surface area contributed by atoms with Crippen LogP contribution in [-0.4, -0.2) is 10.9 Å². The molecule has 0 aliphatic carbocycles. The Hall–Kier alpha value is -2.85. The van der Waals surface area contributed by atoms with Crippen LogP contribution in [0.4, 0.5) is 17.1 Å². The Morgan fingerprint density at radius 3 is 2.43 bits per heavy atom. The molecule has 0 spiro atoms. The van der Waals surface area contributed by atoms with Gasteiger partial charge in [0.15, 0.2) is 0 Å². The number of nitrogens with zero attached hydrogens (tertiary/aromatic N) is 1. The van der Waals surface area contributed by atoms with Crippen molar-refractivity contribution in [2.24, 2.45) is 0 Å². The molecule has 0 unspecified atom stereocenters. The predicted molar refractivity (Wildman–Crippen MR) is 93.4 cm³/mol. The van der Waals surface area contributed by atoms with Crippen molar-refractivity contribution in [3.63, 3.8) is 0 Å². The van der Waals surface area contributed by atoms with Crippen LogP contribution in [0.1, 0.15) is 10.5 Å². The molecule has 0 bridgehead atoms. The van der Waals surface area contributed by atoms with Crippen molar-refractivity contribution < 1.29 is 4.79 Å². The van der Waals surface area contributed by atoms with Crippen LogP contribution >= 0.6 is 11.6 Å². The van der Waals surface area contributed by atoms with Crippen molar-refractivity contribution in [1.29, 1.82) is 0 Å². The summed E-state index contributed by atoms with van der Waals surface area (Å²) in [5, 5.41) is 6.47. The second-order valence-corrected chi connectivity index (χ2v) is 5.26. The summed E-state index contributed by atoms with van der Waals surface area (Å²) in [6.07, 6.45) is 1.59. The molecule has 5 heteroatoms. The normalized spacial score (nSPS) is 10.1. The van der Waals surface area contributed by atoms with E-state index in [9.17, 15) is 4.79 Å². The lowest BCUT2D eigenvalue weighted by atomic mass is 10.2. The fourth-order valence-electron chi connectivity index (χ4n) is 2.07. The van der Waals surface area contributed by atoms with Gasteiger partial charge in [-0.15, -0.1) is 0 Å². The molecule has 1 aromatic heterocycles. The average molecular weight is 324 g/mol. The molecule has 0 aliphatic heterocycles. The van der Waals surface area contributed by atoms with E-state index in [2.05, 4.69) is 15.6 Å². The number of carbonyl (C=O) groups is 1. The number of rotatable bonds is 4. The van der Waals surface area contributed by atoms with Gasteiger partial charge in [-0.1, -0.05) is 41.9 Å². The molecule has 114 valence electrons. The quantitative estimate of drug-likeness (QED) is 0.729. The van der Waals surface area contributed by atoms with Crippen LogP contribution in [0.25, 0.3) is 0 Å². The summed E-state index contributed by atoms with van der Waals surface area (Å²) in [6.45, 7) is 0. The number of hydrogen-bond acceptors (Lipinski definition) is 3. The molecule has 0 saturated heterocycles. The highest BCUT2D eigenvalue weighted by atomic mass is 35.5. The van der Waals surface area contributed by atoms with Gasteiger partial charge in [0.25, 0.3) is 5.91 Å². The van der Waals surface area contributed by atoms with Gasteiger partial charge in [-0.2, -0.15) is 0 Å². The SMILES string of the molecule is O=C(Nc1ccccc1Cl)c1cc(Nc2ccccc2)ccn1. The maximum absolute atomic E-state index is 12.3. The number of anilines is 3. The van der Waals surface area contributed by atoms with Gasteiger partial charge < -0.3 is 10.6 Å². The second kappa shape index (κ2) is 6.94. The number of hydrogen-bond donors (Lipinski definition) is 2. The largest absolute Gasteiger partial charge is 0.355 e. The van der Waals surface area contributed by atoms with Gasteiger partial charge >= 0.3 is 0 Å². The summed E-state index contributed by atoms with van der Waals surface area (Å²) in [5.41, 5.74) is 2.60. The monoisotopic (exact) mass is 323 g/mol. The molecule has 2 aromatic carbocycles. The highest BCUT2D eigenvalue weighted by Crippen LogP contribution is 2.22. The predicted octanol–water partition coefficient (Wildman–Crippen LogP) is 4.73. The Balaban J connectivity index is 1.77. The fourth-order valence-corrected chi connectivity index (χ4v) is 2.25. The molecule has 3 rings (SSSR count). The van der Waals surface area contributed by atoms with Gasteiger partial charge in [0, 0.05) is 17.6 Å². The van der Waals surface area contributed by atoms with Crippen molar-refractivity contribution in [3.05, 3.63) is 83.6 Å². The number of benzene rings is 2. The standard InChI is InChI=1S/C18H14ClN3O/c19-15-8-4-5-9-16(15)22-18(23)17-12-14(10-11-20-17)21-13-6-2-1-3-7-13/h1-12H,(H,20,21)(H,22,23). The molecule has 0 saturated carbocycles. The highest BCUT2D eigenvalue weighted by Gasteiger charge is 2.10. The van der Waals surface area contributed by atoms with E-state index in [0.717, 1.165) is 11.4 Å². The highest BCUT2D eigenvalue weighted by molar-refractivity contribution is 6.33. The number of amides is 1. The molecule has 0 radical (unpaired) electrons. The Labute approximate surface area is 139 Å². The molecule has 1 heterocycles. The van der Waals surface area contributed by atoms with Crippen LogP contribution in [0.2, 0.25) is 5.02 Å². The molecule has 1 amide bonds. The van der Waals surface area contributed by atoms with Crippen LogP contribution in [0.15, 0.2) is 72.9 Å². The Bertz CT molecular complexity index is 821. The van der Waals surface area contributed by atoms with Crippen molar-refractivity contribution in [2.75, 3.05) is 10.6 Å². The minimum Gasteiger partial charge on any atom is -0.355 e. The van der Waals surface area contributed by atoms with Crippen molar-refractivity contribution >= 4 is 34.6 Å². The van der Waals surface area contributed by atoms with Gasteiger partial charge in [-0.05, 0) is 36.4 Å². The first-order chi connectivity index (χ1) is 11.2. The first kappa shape index (κ1) is 15.1. The molecule has 3 aromatic rings. The lowest BCUT2D eigenvalue weighted by Gasteiger charge is -2.09. The number of para-hydroxylation sites is 2. The Morgan fingerprint density at radius 1 is 0.913 bits per heavy atom. The van der Waals surface area contributed by atoms with Crippen LogP contribution in [-0.2, 0) is 0 Å². The maximum atomic E-state index is 12.3. The van der Waals surface area contributed by atoms with Crippen LogP contribution in [0.5, 0.6) is 0 Å². The van der Waals surface area contributed by atoms with E-state index in [1.165, 1.54) is 0 Å². The zero-order valence-electron chi connectivity index (χ0n) is 12.2. The first-order valence-electron chi connectivity index (χ1n) is 7.06. The second-order valence-electron chi connectivity index (χ2n) is 4.85. The molecule has 0 aliphatic rings. The van der Waals surface area contributed by atoms with Gasteiger partial charge in [0.1, 0.15) is 5.69 Å². The zero-order valence-corrected chi connectivity index (χ0v) is 12.9. The summed E-state index contributed by atoms with van der Waals surface area (Å²) < 4.78 is 0. The van der Waals surface area contributed by atoms with Crippen molar-refractivity contribution in [3.8, 4) is 0 Å². The molecular formula is C18H14ClN3O. The van der Waals surface area contributed by atoms with Crippen molar-refractivity contribution in [2.45, 2.75) is 0 Å². The zero-order chi connectivity index (χ0) is 16.1. The third-order valence-corrected chi connectivity index (χ3v) is 3.51. The van der Waals surface area contributed by atoms with Crippen LogP contribution in [0.3, 0.4) is 0 Å². The molecule has 4 nitrogen and oxygen atoms in total. The number of carbonyl (C=O) groups excluding carboxylic acids is 1. The van der Waals surface area contributed by atoms with Crippen molar-refractivity contribution in [1.82, 2.24) is 4.98 Å². The summed E-state index contributed by atoms with van der Waals surface area (Å²) in [5.74, 6) is -0.310. The number of aromatic nitrogens is 1. The van der Waals surface area contributed by atoms with Gasteiger partial charge in [0.2, 0.25) is 0 Å². The number of pyridine rings is 1. The average Bonchev–Trinajstić information content (AvgIpc) is 2.58. The Kier molecular flexibility index (Phi) is 4.54. The minimum absolute atomic E-state index is 0.310. The number of nitrogens with one attached hydrogen (secondary N) is 2. The molecule has 23 heavy (non-hydrogen) atoms. The third-order valence-electron chi connectivity index (χ3n) is 3.18. The fraction of sp³-hybridized carbons (Fsp3) is 0. The maximum Gasteiger partial charge on any atom is 0.274 e. The minimum atomic E-state index is -0.310. The lowest BCUT2D eigenvalue weighted by Crippen LogP contribution is -2.14. The van der Waals surface area contributed by atoms with E-state index in [0.29, 0.717) is 16.4 Å². The van der Waals surface area contributed by atoms with E-state index in [1.54, 1.807) is 36.5 Å². The van der Waals surface area contributed by atoms with E-state index >= 15 is 0 Å². The van der Waals surface area contributed by atoms with E-state index in [4.69, 9.17) is 11.6 Å². The summed E-state index contributed by atoms with van der Waals surface area (Å²) in [4.78, 5) is 16.4. The molecule has 2 N–H and O–H groups in total. The van der Waals surface area contributed by atoms with Gasteiger partial charge in [0.05, 0.1) is 10.7 Å². The summed E-state index contributed by atoms with van der Waals surface area (Å²) >= 11 is 6.05. The summed E-state index contributed by atoms with van der Waals surface area (Å²) in [7, 11) is 0. The first-order valence-corrected chi connectivity index (χ1v) is 7.44. The van der Waals surface area contributed by atoms with E-state index in [-0.39, 0.29) is 5.91 Å². The number of halogens is 1. The molecule has 0 fully saturated rings. The van der Waals surface area contributed by atoms with E-state index in [1.807, 2.05) is 36.4 Å². The molecule has 0 atom stereocenters. The smallest absolute Gasteiger partial charge is 0.274 e. The third kappa shape index (κ3) is 3.87. The topological polar surface area (TPSA) is 54.0 Å². The summed E-state index contributed by atoms with van der Waals surface area (Å²) in [6, 6.07) is 20.3. The van der Waals surface area contributed by atoms with E-state index < -0.39 is 0 Å². The van der Waals surface area contributed by atoms with Gasteiger partial charge in [-0.3, -0.25) is 9.78 Å². The van der Waals surface area contributed by atoms with Crippen LogP contribution in [0, 0.1) is 0 Å².